The molecule has 0 saturated carbocycles. The molecule has 2 heterocycles. The van der Waals surface area contributed by atoms with Crippen molar-refractivity contribution in [1.29, 1.82) is 0 Å². The van der Waals surface area contributed by atoms with Crippen LogP contribution in [0.15, 0.2) is 48.5 Å². The number of ether oxygens (including phenoxy) is 1. The molecule has 1 atom stereocenters. The van der Waals surface area contributed by atoms with Gasteiger partial charge in [0.1, 0.15) is 0 Å². The molecular formula is C20H22ClN5O. The van der Waals surface area contributed by atoms with E-state index < -0.39 is 0 Å². The maximum atomic E-state index is 6.12. The van der Waals surface area contributed by atoms with E-state index in [9.17, 15) is 0 Å². The molecule has 0 amide bonds. The highest BCUT2D eigenvalue weighted by Gasteiger charge is 2.30. The van der Waals surface area contributed by atoms with Crippen LogP contribution in [0.1, 0.15) is 28.6 Å². The Morgan fingerprint density at radius 1 is 1.11 bits per heavy atom. The average Bonchev–Trinajstić information content (AvgIpc) is 3.16. The van der Waals surface area contributed by atoms with Gasteiger partial charge in [0.05, 0.1) is 19.2 Å². The number of methoxy groups -OCH3 is 1. The van der Waals surface area contributed by atoms with E-state index >= 15 is 0 Å². The summed E-state index contributed by atoms with van der Waals surface area (Å²) in [6, 6.07) is 16.5. The second-order valence-electron chi connectivity index (χ2n) is 6.70. The molecule has 2 aromatic carbocycles. The molecule has 4 rings (SSSR count). The number of tetrazole rings is 1. The number of nitrogens with zero attached hydrogens (tertiary/aromatic N) is 5. The first-order chi connectivity index (χ1) is 13.3. The van der Waals surface area contributed by atoms with Crippen molar-refractivity contribution in [1.82, 2.24) is 25.1 Å². The molecule has 6 nitrogen and oxygen atoms in total. The monoisotopic (exact) mass is 383 g/mol. The third-order valence-corrected chi connectivity index (χ3v) is 5.27. The molecule has 0 spiro atoms. The fourth-order valence-corrected chi connectivity index (χ4v) is 3.78. The molecule has 0 aliphatic carbocycles. The number of fused-ring (bicyclic) bond motifs is 1. The van der Waals surface area contributed by atoms with Crippen molar-refractivity contribution < 1.29 is 4.74 Å². The minimum atomic E-state index is -0.0394. The Balaban J connectivity index is 1.71. The molecule has 7 heteroatoms. The maximum Gasteiger partial charge on any atom is 0.173 e. The molecule has 1 aliphatic heterocycles. The lowest BCUT2D eigenvalue weighted by Crippen LogP contribution is -2.36. The largest absolute Gasteiger partial charge is 0.383 e. The highest BCUT2D eigenvalue weighted by atomic mass is 35.5. The van der Waals surface area contributed by atoms with Crippen LogP contribution >= 0.6 is 11.6 Å². The van der Waals surface area contributed by atoms with Gasteiger partial charge in [0.25, 0.3) is 0 Å². The van der Waals surface area contributed by atoms with E-state index in [1.165, 1.54) is 11.1 Å². The lowest BCUT2D eigenvalue weighted by molar-refractivity contribution is 0.170. The van der Waals surface area contributed by atoms with E-state index in [1.807, 2.05) is 16.8 Å². The van der Waals surface area contributed by atoms with Crippen LogP contribution in [-0.4, -0.2) is 45.4 Å². The van der Waals surface area contributed by atoms with E-state index in [0.29, 0.717) is 13.2 Å². The Morgan fingerprint density at radius 2 is 1.89 bits per heavy atom. The number of aromatic nitrogens is 4. The molecule has 1 aliphatic rings. The van der Waals surface area contributed by atoms with Gasteiger partial charge < -0.3 is 4.74 Å². The molecule has 140 valence electrons. The summed E-state index contributed by atoms with van der Waals surface area (Å²) in [5.41, 5.74) is 3.91. The topological polar surface area (TPSA) is 56.1 Å². The molecule has 3 aromatic rings. The molecular weight excluding hydrogens is 362 g/mol. The molecule has 0 N–H and O–H groups in total. The van der Waals surface area contributed by atoms with E-state index in [0.717, 1.165) is 35.9 Å². The predicted octanol–water partition coefficient (Wildman–Crippen LogP) is 3.12. The summed E-state index contributed by atoms with van der Waals surface area (Å²) in [5.74, 6) is 0.828. The van der Waals surface area contributed by atoms with Crippen LogP contribution in [0.3, 0.4) is 0 Å². The molecule has 1 aromatic heterocycles. The van der Waals surface area contributed by atoms with Gasteiger partial charge in [-0.25, -0.2) is 4.68 Å². The Bertz CT molecular complexity index is 895. The zero-order valence-electron chi connectivity index (χ0n) is 15.3. The van der Waals surface area contributed by atoms with Crippen LogP contribution in [0.2, 0.25) is 5.02 Å². The molecule has 0 fully saturated rings. The van der Waals surface area contributed by atoms with Crippen LogP contribution in [0.5, 0.6) is 0 Å². The highest BCUT2D eigenvalue weighted by molar-refractivity contribution is 6.30. The van der Waals surface area contributed by atoms with Gasteiger partial charge in [0.2, 0.25) is 0 Å². The quantitative estimate of drug-likeness (QED) is 0.654. The van der Waals surface area contributed by atoms with Crippen molar-refractivity contribution in [2.24, 2.45) is 0 Å². The maximum absolute atomic E-state index is 6.12. The first kappa shape index (κ1) is 18.1. The molecule has 0 radical (unpaired) electrons. The summed E-state index contributed by atoms with van der Waals surface area (Å²) in [6.07, 6.45) is 1.01. The normalized spacial score (nSPS) is 15.5. The fourth-order valence-electron chi connectivity index (χ4n) is 3.65. The van der Waals surface area contributed by atoms with Gasteiger partial charge >= 0.3 is 0 Å². The molecule has 0 bridgehead atoms. The van der Waals surface area contributed by atoms with E-state index in [4.69, 9.17) is 16.3 Å². The Labute approximate surface area is 163 Å². The second kappa shape index (κ2) is 8.17. The van der Waals surface area contributed by atoms with Crippen molar-refractivity contribution in [2.75, 3.05) is 20.3 Å². The number of hydrogen-bond acceptors (Lipinski definition) is 5. The number of benzene rings is 2. The van der Waals surface area contributed by atoms with Gasteiger partial charge in [-0.2, -0.15) is 0 Å². The molecule has 1 unspecified atom stereocenters. The van der Waals surface area contributed by atoms with E-state index in [2.05, 4.69) is 56.8 Å². The zero-order valence-corrected chi connectivity index (χ0v) is 16.0. The van der Waals surface area contributed by atoms with Crippen LogP contribution in [0.25, 0.3) is 0 Å². The van der Waals surface area contributed by atoms with Crippen molar-refractivity contribution in [3.63, 3.8) is 0 Å². The lowest BCUT2D eigenvalue weighted by Gasteiger charge is -2.35. The van der Waals surface area contributed by atoms with E-state index in [1.54, 1.807) is 7.11 Å². The van der Waals surface area contributed by atoms with Crippen molar-refractivity contribution in [2.45, 2.75) is 25.6 Å². The minimum absolute atomic E-state index is 0.0394. The summed E-state index contributed by atoms with van der Waals surface area (Å²) >= 11 is 6.12. The predicted molar refractivity (Wildman–Crippen MR) is 104 cm³/mol. The van der Waals surface area contributed by atoms with Gasteiger partial charge in [-0.05, 0) is 45.7 Å². The Kier molecular flexibility index (Phi) is 5.48. The fraction of sp³-hybridized carbons (Fsp3) is 0.350. The third kappa shape index (κ3) is 3.88. The van der Waals surface area contributed by atoms with Crippen molar-refractivity contribution in [3.05, 3.63) is 76.1 Å². The smallest absolute Gasteiger partial charge is 0.173 e. The first-order valence-corrected chi connectivity index (χ1v) is 9.45. The SMILES string of the molecule is COCCn1nnnc1C(c1ccc(Cl)cc1)N1CCc2ccccc2C1. The minimum Gasteiger partial charge on any atom is -0.383 e. The molecule has 0 saturated heterocycles. The highest BCUT2D eigenvalue weighted by Crippen LogP contribution is 2.32. The Hall–Kier alpha value is -2.28. The summed E-state index contributed by atoms with van der Waals surface area (Å²) in [7, 11) is 1.68. The van der Waals surface area contributed by atoms with Crippen molar-refractivity contribution in [3.8, 4) is 0 Å². The van der Waals surface area contributed by atoms with Crippen LogP contribution in [0.4, 0.5) is 0 Å². The third-order valence-electron chi connectivity index (χ3n) is 5.02. The second-order valence-corrected chi connectivity index (χ2v) is 7.13. The number of rotatable bonds is 6. The van der Waals surface area contributed by atoms with Gasteiger partial charge in [-0.3, -0.25) is 4.90 Å². The summed E-state index contributed by atoms with van der Waals surface area (Å²) in [4.78, 5) is 2.43. The van der Waals surface area contributed by atoms with Gasteiger partial charge in [0, 0.05) is 25.2 Å². The van der Waals surface area contributed by atoms with Crippen LogP contribution < -0.4 is 0 Å². The van der Waals surface area contributed by atoms with Crippen LogP contribution in [-0.2, 0) is 24.2 Å². The van der Waals surface area contributed by atoms with Gasteiger partial charge in [-0.15, -0.1) is 5.10 Å². The standard InChI is InChI=1S/C20H22ClN5O/c1-27-13-12-26-20(22-23-24-26)19(16-6-8-18(21)9-7-16)25-11-10-15-4-2-3-5-17(15)14-25/h2-9,19H,10-14H2,1H3. The zero-order chi connectivity index (χ0) is 18.6. The summed E-state index contributed by atoms with van der Waals surface area (Å²) in [6.45, 7) is 2.99. The van der Waals surface area contributed by atoms with E-state index in [-0.39, 0.29) is 6.04 Å². The van der Waals surface area contributed by atoms with Gasteiger partial charge in [-0.1, -0.05) is 48.0 Å². The summed E-state index contributed by atoms with van der Waals surface area (Å²) in [5, 5.41) is 13.2. The molecule has 27 heavy (non-hydrogen) atoms. The lowest BCUT2D eigenvalue weighted by atomic mass is 9.96. The number of hydrogen-bond donors (Lipinski definition) is 0. The van der Waals surface area contributed by atoms with Gasteiger partial charge in [0.15, 0.2) is 5.82 Å². The van der Waals surface area contributed by atoms with Crippen LogP contribution in [0, 0.1) is 0 Å². The first-order valence-electron chi connectivity index (χ1n) is 9.07. The Morgan fingerprint density at radius 3 is 2.67 bits per heavy atom. The average molecular weight is 384 g/mol. The van der Waals surface area contributed by atoms with Crippen molar-refractivity contribution >= 4 is 11.6 Å². The summed E-state index contributed by atoms with van der Waals surface area (Å²) < 4.78 is 7.05. The number of halogens is 1.